The zero-order valence-corrected chi connectivity index (χ0v) is 55.4. The Bertz CT molecular complexity index is 2260. The van der Waals surface area contributed by atoms with Gasteiger partial charge in [0.1, 0.15) is 60.4 Å². The van der Waals surface area contributed by atoms with Gasteiger partial charge in [-0.3, -0.25) is 52.7 Å². The number of carbonyl (C=O) groups excluding carboxylic acids is 11. The van der Waals surface area contributed by atoms with Crippen LogP contribution in [0.1, 0.15) is 143 Å². The first kappa shape index (κ1) is 76.1. The van der Waals surface area contributed by atoms with Crippen molar-refractivity contribution >= 4 is 65.0 Å². The molecule has 24 heteroatoms. The van der Waals surface area contributed by atoms with Gasteiger partial charge in [0.15, 0.2) is 0 Å². The average molecular weight is 1190 g/mol. The molecule has 0 spiro atoms. The quantitative estimate of drug-likeness (QED) is 0.136. The fourth-order valence-electron chi connectivity index (χ4n) is 10.6. The lowest BCUT2D eigenvalue weighted by Gasteiger charge is -2.41. The first-order chi connectivity index (χ1) is 38.7. The number of nitrogens with one attached hydrogen (secondary N) is 5. The number of aliphatic hydroxyl groups excluding tert-OH is 1. The summed E-state index contributed by atoms with van der Waals surface area (Å²) < 4.78 is 0. The third-order valence-electron chi connectivity index (χ3n) is 15.9. The molecule has 84 heavy (non-hydrogen) atoms. The molecule has 6 N–H and O–H groups in total. The summed E-state index contributed by atoms with van der Waals surface area (Å²) in [4.78, 5) is 168. The Labute approximate surface area is 502 Å². The van der Waals surface area contributed by atoms with E-state index in [1.807, 2.05) is 55.4 Å². The van der Waals surface area contributed by atoms with E-state index in [2.05, 4.69) is 26.6 Å². The van der Waals surface area contributed by atoms with E-state index in [1.165, 1.54) is 87.7 Å². The van der Waals surface area contributed by atoms with Crippen LogP contribution >= 0.6 is 0 Å². The number of hydrogen-bond acceptors (Lipinski definition) is 13. The minimum Gasteiger partial charge on any atom is -0.390 e. The molecular weight excluding hydrogens is 1080 g/mol. The second-order valence-electron chi connectivity index (χ2n) is 25.8. The van der Waals surface area contributed by atoms with Crippen molar-refractivity contribution in [3.8, 4) is 0 Å². The highest BCUT2D eigenvalue weighted by Gasteiger charge is 2.45. The zero-order valence-electron chi connectivity index (χ0n) is 55.4. The molecule has 1 fully saturated rings. The molecular formula is C60H110N12O12. The number of nitrogens with zero attached hydrogens (tertiary/aromatic N) is 7. The number of amides is 11. The fourth-order valence-corrected chi connectivity index (χ4v) is 10.6. The van der Waals surface area contributed by atoms with E-state index in [0.717, 1.165) is 9.80 Å². The van der Waals surface area contributed by atoms with Gasteiger partial charge in [0.05, 0.1) is 12.6 Å². The Kier molecular flexibility index (Phi) is 31.1. The predicted octanol–water partition coefficient (Wildman–Crippen LogP) is 1.52. The molecule has 12 atom stereocenters. The fraction of sp³-hybridized carbons (Fsp3) is 0.817. The smallest absolute Gasteiger partial charge is 0.246 e. The van der Waals surface area contributed by atoms with Crippen LogP contribution in [-0.2, 0) is 52.7 Å². The van der Waals surface area contributed by atoms with Crippen molar-refractivity contribution in [2.24, 2.45) is 41.4 Å². The summed E-state index contributed by atoms with van der Waals surface area (Å²) >= 11 is 0. The molecule has 1 heterocycles. The SMILES string of the molecule is CC[C@H]1NC(=O)[C@@H]([C@H](O)[C@H](C)CNC)N(C)C(=O)[C@@H](C(C)C)N(C)C(=O)[C@@H](CC(C)C)N(C)C(=O)[C@@H](CC(C)C)N(C)C(=O)[C@H](C)NC(=O)[C@@H](C)NC(=O)[C@@H](CC(C)C)N(C)C(=O)[C@@H](C(C)C)NC(=O)[C@H](CC(C)C)N(C)C(=O)CN(C)C1=O. The van der Waals surface area contributed by atoms with Gasteiger partial charge in [-0.2, -0.15) is 0 Å². The second-order valence-corrected chi connectivity index (χ2v) is 25.8. The molecule has 482 valence electrons. The van der Waals surface area contributed by atoms with E-state index >= 15 is 9.59 Å². The number of likely N-dealkylation sites (N-methyl/N-ethyl adjacent to an activating group) is 7. The van der Waals surface area contributed by atoms with E-state index in [4.69, 9.17) is 0 Å². The van der Waals surface area contributed by atoms with Crippen molar-refractivity contribution in [1.29, 1.82) is 0 Å². The molecule has 0 saturated carbocycles. The Morgan fingerprint density at radius 1 is 0.452 bits per heavy atom. The van der Waals surface area contributed by atoms with Crippen molar-refractivity contribution in [1.82, 2.24) is 60.9 Å². The van der Waals surface area contributed by atoms with Gasteiger partial charge in [-0.1, -0.05) is 96.9 Å². The number of carbonyl (C=O) groups is 11. The van der Waals surface area contributed by atoms with Gasteiger partial charge < -0.3 is 66.0 Å². The molecule has 24 nitrogen and oxygen atoms in total. The molecule has 0 unspecified atom stereocenters. The van der Waals surface area contributed by atoms with Crippen LogP contribution in [0.4, 0.5) is 0 Å². The lowest BCUT2D eigenvalue weighted by atomic mass is 9.93. The third kappa shape index (κ3) is 21.0. The van der Waals surface area contributed by atoms with Crippen molar-refractivity contribution in [3.05, 3.63) is 0 Å². The van der Waals surface area contributed by atoms with E-state index < -0.39 is 156 Å². The van der Waals surface area contributed by atoms with Gasteiger partial charge >= 0.3 is 0 Å². The standard InChI is InChI=1S/C60H110N12O12/c1-25-41-56(80)66(18)31-46(73)67(19)42(26-32(2)3)53(77)65-47(36(10)11)59(83)68(20)43(27-33(4)5)52(76)62-39(15)51(75)63-40(16)55(79)69(21)44(28-34(6)7)57(81)70(22)45(29-35(8)9)58(82)71(23)48(37(12)13)60(84)72(24)49(54(78)64-41)50(74)38(14)30-61-17/h32-45,47-50,61,74H,25-31H2,1-24H3,(H,62,76)(H,63,75)(H,64,78)(H,65,77)/t38-,39-,40+,41-,42+,43-,44-,45-,47-,48-,49-,50-/m1/s1. The predicted molar refractivity (Wildman–Crippen MR) is 323 cm³/mol. The summed E-state index contributed by atoms with van der Waals surface area (Å²) in [5.41, 5.74) is 0. The maximum absolute atomic E-state index is 15.1. The highest BCUT2D eigenvalue weighted by Crippen LogP contribution is 2.25. The van der Waals surface area contributed by atoms with Crippen molar-refractivity contribution in [3.63, 3.8) is 0 Å². The summed E-state index contributed by atoms with van der Waals surface area (Å²) in [6, 6.07) is -12.3. The molecule has 11 amide bonds. The largest absolute Gasteiger partial charge is 0.390 e. The first-order valence-corrected chi connectivity index (χ1v) is 30.1. The molecule has 1 saturated heterocycles. The highest BCUT2D eigenvalue weighted by atomic mass is 16.3. The normalized spacial score (nSPS) is 27.0. The maximum atomic E-state index is 15.1. The summed E-state index contributed by atoms with van der Waals surface area (Å²) in [6.45, 7) is 27.7. The van der Waals surface area contributed by atoms with Crippen LogP contribution in [0.25, 0.3) is 0 Å². The zero-order chi connectivity index (χ0) is 65.3. The topological polar surface area (TPSA) is 291 Å². The van der Waals surface area contributed by atoms with E-state index in [0.29, 0.717) is 0 Å². The molecule has 0 aromatic carbocycles. The van der Waals surface area contributed by atoms with E-state index in [1.54, 1.807) is 48.6 Å². The molecule has 0 aliphatic carbocycles. The number of hydrogen-bond donors (Lipinski definition) is 6. The Morgan fingerprint density at radius 2 is 0.857 bits per heavy atom. The Morgan fingerprint density at radius 3 is 1.30 bits per heavy atom. The lowest BCUT2D eigenvalue weighted by molar-refractivity contribution is -0.157. The van der Waals surface area contributed by atoms with Gasteiger partial charge in [0.25, 0.3) is 0 Å². The first-order valence-electron chi connectivity index (χ1n) is 30.1. The van der Waals surface area contributed by atoms with Crippen LogP contribution in [0.3, 0.4) is 0 Å². The lowest BCUT2D eigenvalue weighted by Crippen LogP contribution is -2.64. The Balaban J connectivity index is 4.30. The Hall–Kier alpha value is -5.91. The number of aliphatic hydroxyl groups is 1. The minimum absolute atomic E-state index is 0.0208. The van der Waals surface area contributed by atoms with Crippen LogP contribution < -0.4 is 26.6 Å². The van der Waals surface area contributed by atoms with Crippen LogP contribution in [0.5, 0.6) is 0 Å². The molecule has 1 rings (SSSR count). The maximum Gasteiger partial charge on any atom is 0.246 e. The summed E-state index contributed by atoms with van der Waals surface area (Å²) in [5, 5.41) is 25.9. The van der Waals surface area contributed by atoms with Crippen LogP contribution in [-0.4, -0.2) is 240 Å². The molecule has 1 aliphatic heterocycles. The van der Waals surface area contributed by atoms with Gasteiger partial charge in [0.2, 0.25) is 65.0 Å². The monoisotopic (exact) mass is 1190 g/mol. The van der Waals surface area contributed by atoms with Crippen molar-refractivity contribution in [2.45, 2.75) is 209 Å². The third-order valence-corrected chi connectivity index (χ3v) is 15.9. The number of rotatable bonds is 15. The van der Waals surface area contributed by atoms with Crippen LogP contribution in [0.15, 0.2) is 0 Å². The average Bonchev–Trinajstić information content (AvgIpc) is 2.71. The van der Waals surface area contributed by atoms with Gasteiger partial charge in [-0.25, -0.2) is 0 Å². The van der Waals surface area contributed by atoms with Gasteiger partial charge in [-0.15, -0.1) is 0 Å². The summed E-state index contributed by atoms with van der Waals surface area (Å²) in [7, 11) is 11.5. The second kappa shape index (κ2) is 34.3. The van der Waals surface area contributed by atoms with Crippen LogP contribution in [0.2, 0.25) is 0 Å². The van der Waals surface area contributed by atoms with Crippen molar-refractivity contribution in [2.75, 3.05) is 69.5 Å². The van der Waals surface area contributed by atoms with Gasteiger partial charge in [-0.05, 0) is 101 Å². The molecule has 0 aromatic heterocycles. The van der Waals surface area contributed by atoms with Gasteiger partial charge in [0, 0.05) is 49.3 Å². The van der Waals surface area contributed by atoms with E-state index in [-0.39, 0.29) is 62.3 Å². The molecule has 1 aliphatic rings. The summed E-state index contributed by atoms with van der Waals surface area (Å²) in [6.07, 6.45) is -0.876. The summed E-state index contributed by atoms with van der Waals surface area (Å²) in [5.74, 6) is -9.76. The van der Waals surface area contributed by atoms with E-state index in [9.17, 15) is 48.3 Å². The highest BCUT2D eigenvalue weighted by molar-refractivity contribution is 5.99. The van der Waals surface area contributed by atoms with Crippen LogP contribution in [0, 0.1) is 41.4 Å². The van der Waals surface area contributed by atoms with Crippen molar-refractivity contribution < 1.29 is 57.8 Å². The minimum atomic E-state index is -1.62. The molecule has 0 radical (unpaired) electrons. The molecule has 0 aromatic rings. The molecule has 0 bridgehead atoms.